The van der Waals surface area contributed by atoms with Gasteiger partial charge in [-0.25, -0.2) is 24.9 Å². The lowest BCUT2D eigenvalue weighted by molar-refractivity contribution is -0.161. The van der Waals surface area contributed by atoms with Crippen LogP contribution in [0.1, 0.15) is 53.5 Å². The van der Waals surface area contributed by atoms with Crippen molar-refractivity contribution in [2.24, 2.45) is 0 Å². The van der Waals surface area contributed by atoms with Gasteiger partial charge in [0.1, 0.15) is 11.8 Å². The van der Waals surface area contributed by atoms with Gasteiger partial charge in [0.25, 0.3) is 5.91 Å². The fourth-order valence-electron chi connectivity index (χ4n) is 3.94. The lowest BCUT2D eigenvalue weighted by Gasteiger charge is -2.29. The van der Waals surface area contributed by atoms with Crippen molar-refractivity contribution in [1.82, 2.24) is 24.6 Å². The Morgan fingerprint density at radius 1 is 1.18 bits per heavy atom. The summed E-state index contributed by atoms with van der Waals surface area (Å²) in [5.41, 5.74) is 4.29. The lowest BCUT2D eigenvalue weighted by atomic mass is 9.96. The molecular formula is C20H22ClN5O2. The highest BCUT2D eigenvalue weighted by Crippen LogP contribution is 2.39. The number of hydroxylamine groups is 2. The minimum absolute atomic E-state index is 0.139. The summed E-state index contributed by atoms with van der Waals surface area (Å²) in [7, 11) is 0. The number of halogens is 1. The molecule has 146 valence electrons. The van der Waals surface area contributed by atoms with Gasteiger partial charge in [0.2, 0.25) is 0 Å². The average molecular weight is 400 g/mol. The summed E-state index contributed by atoms with van der Waals surface area (Å²) >= 11 is 6.11. The second kappa shape index (κ2) is 6.53. The molecule has 1 atom stereocenters. The zero-order valence-corrected chi connectivity index (χ0v) is 17.3. The third kappa shape index (κ3) is 2.95. The first kappa shape index (κ1) is 18.8. The van der Waals surface area contributed by atoms with Gasteiger partial charge in [-0.05, 0) is 45.7 Å². The molecule has 7 nitrogen and oxygen atoms in total. The first-order valence-corrected chi connectivity index (χ1v) is 9.49. The number of carbonyl (C=O) groups is 1. The van der Waals surface area contributed by atoms with Gasteiger partial charge in [-0.1, -0.05) is 29.3 Å². The van der Waals surface area contributed by atoms with Crippen LogP contribution in [0.25, 0.3) is 11.2 Å². The number of carbonyl (C=O) groups excluding carboxylic acids is 1. The van der Waals surface area contributed by atoms with E-state index in [1.54, 1.807) is 10.9 Å². The fourth-order valence-corrected chi connectivity index (χ4v) is 4.11. The maximum absolute atomic E-state index is 13.4. The smallest absolute Gasteiger partial charge is 0.278 e. The van der Waals surface area contributed by atoms with Crippen LogP contribution in [0.3, 0.4) is 0 Å². The molecule has 1 unspecified atom stereocenters. The first-order chi connectivity index (χ1) is 13.2. The summed E-state index contributed by atoms with van der Waals surface area (Å²) in [6.07, 6.45) is 3.20. The lowest BCUT2D eigenvalue weighted by Crippen LogP contribution is -2.42. The van der Waals surface area contributed by atoms with Crippen molar-refractivity contribution in [3.8, 4) is 0 Å². The molecule has 1 amide bonds. The van der Waals surface area contributed by atoms with E-state index >= 15 is 0 Å². The Bertz CT molecular complexity index is 1070. The van der Waals surface area contributed by atoms with Gasteiger partial charge in [-0.2, -0.15) is 0 Å². The maximum atomic E-state index is 13.4. The van der Waals surface area contributed by atoms with E-state index in [2.05, 4.69) is 15.0 Å². The molecule has 3 aromatic rings. The van der Waals surface area contributed by atoms with Crippen LogP contribution in [0.4, 0.5) is 0 Å². The SMILES string of the molecule is Cc1cc(C)c(C(=O)N2OC(n3cnc4c(Cl)ncnc43)CC2(C)C)c(C)c1. The Morgan fingerprint density at radius 3 is 2.54 bits per heavy atom. The number of benzene rings is 1. The number of nitrogens with zero attached hydrogens (tertiary/aromatic N) is 5. The van der Waals surface area contributed by atoms with E-state index in [4.69, 9.17) is 16.4 Å². The van der Waals surface area contributed by atoms with Crippen molar-refractivity contribution in [3.63, 3.8) is 0 Å². The number of hydrogen-bond acceptors (Lipinski definition) is 5. The number of imidazole rings is 1. The Morgan fingerprint density at radius 2 is 1.86 bits per heavy atom. The molecule has 1 aliphatic rings. The summed E-state index contributed by atoms with van der Waals surface area (Å²) in [6, 6.07) is 4.03. The second-order valence-electron chi connectivity index (χ2n) is 7.94. The molecule has 28 heavy (non-hydrogen) atoms. The van der Waals surface area contributed by atoms with Gasteiger partial charge < -0.3 is 0 Å². The summed E-state index contributed by atoms with van der Waals surface area (Å²) in [5, 5.41) is 1.77. The van der Waals surface area contributed by atoms with E-state index in [0.717, 1.165) is 16.7 Å². The van der Waals surface area contributed by atoms with Gasteiger partial charge in [0.15, 0.2) is 17.0 Å². The molecule has 1 fully saturated rings. The zero-order valence-electron chi connectivity index (χ0n) is 16.5. The van der Waals surface area contributed by atoms with E-state index in [1.807, 2.05) is 46.8 Å². The van der Waals surface area contributed by atoms with Crippen LogP contribution in [-0.2, 0) is 4.84 Å². The molecule has 3 heterocycles. The predicted molar refractivity (Wildman–Crippen MR) is 106 cm³/mol. The molecule has 1 aromatic carbocycles. The number of rotatable bonds is 2. The maximum Gasteiger partial charge on any atom is 0.278 e. The van der Waals surface area contributed by atoms with Gasteiger partial charge in [0.05, 0.1) is 11.9 Å². The highest BCUT2D eigenvalue weighted by molar-refractivity contribution is 6.33. The first-order valence-electron chi connectivity index (χ1n) is 9.11. The highest BCUT2D eigenvalue weighted by Gasteiger charge is 2.45. The van der Waals surface area contributed by atoms with Crippen LogP contribution in [0.2, 0.25) is 5.15 Å². The quantitative estimate of drug-likeness (QED) is 0.605. The van der Waals surface area contributed by atoms with Gasteiger partial charge in [-0.15, -0.1) is 0 Å². The average Bonchev–Trinajstić information content (AvgIpc) is 3.15. The van der Waals surface area contributed by atoms with Gasteiger partial charge in [-0.3, -0.25) is 9.36 Å². The number of hydrogen-bond donors (Lipinski definition) is 0. The summed E-state index contributed by atoms with van der Waals surface area (Å²) in [4.78, 5) is 32.0. The number of aryl methyl sites for hydroxylation is 3. The van der Waals surface area contributed by atoms with Crippen LogP contribution in [-0.4, -0.2) is 36.0 Å². The van der Waals surface area contributed by atoms with Crippen LogP contribution >= 0.6 is 11.6 Å². The summed E-state index contributed by atoms with van der Waals surface area (Å²) in [5.74, 6) is -0.139. The standard InChI is InChI=1S/C20H22ClN5O2/c1-11-6-12(2)15(13(3)7-11)19(27)26-20(4,5)8-14(28-26)25-10-24-16-17(21)22-9-23-18(16)25/h6-7,9-10,14H,8H2,1-5H3. The molecule has 0 saturated carbocycles. The summed E-state index contributed by atoms with van der Waals surface area (Å²) in [6.45, 7) is 9.92. The Balaban J connectivity index is 1.70. The van der Waals surface area contributed by atoms with Crippen molar-refractivity contribution in [2.75, 3.05) is 0 Å². The van der Waals surface area contributed by atoms with Crippen molar-refractivity contribution in [1.29, 1.82) is 0 Å². The predicted octanol–water partition coefficient (Wildman–Crippen LogP) is 4.16. The molecule has 8 heteroatoms. The van der Waals surface area contributed by atoms with E-state index < -0.39 is 11.8 Å². The van der Waals surface area contributed by atoms with Gasteiger partial charge in [0, 0.05) is 12.0 Å². The minimum atomic E-state index is -0.501. The van der Waals surface area contributed by atoms with Crippen LogP contribution in [0, 0.1) is 20.8 Å². The number of aromatic nitrogens is 4. The molecule has 0 N–H and O–H groups in total. The van der Waals surface area contributed by atoms with E-state index in [0.29, 0.717) is 28.3 Å². The van der Waals surface area contributed by atoms with Crippen LogP contribution in [0.5, 0.6) is 0 Å². The zero-order chi connectivity index (χ0) is 20.2. The number of amides is 1. The van der Waals surface area contributed by atoms with E-state index in [-0.39, 0.29) is 5.91 Å². The van der Waals surface area contributed by atoms with Crippen LogP contribution in [0.15, 0.2) is 24.8 Å². The Labute approximate surface area is 168 Å². The van der Waals surface area contributed by atoms with E-state index in [1.165, 1.54) is 11.4 Å². The molecule has 1 saturated heterocycles. The molecule has 2 aromatic heterocycles. The summed E-state index contributed by atoms with van der Waals surface area (Å²) < 4.78 is 1.80. The second-order valence-corrected chi connectivity index (χ2v) is 8.30. The Kier molecular flexibility index (Phi) is 4.39. The molecule has 0 aliphatic carbocycles. The van der Waals surface area contributed by atoms with Gasteiger partial charge >= 0.3 is 0 Å². The topological polar surface area (TPSA) is 73.1 Å². The third-order valence-corrected chi connectivity index (χ3v) is 5.43. The van der Waals surface area contributed by atoms with Crippen molar-refractivity contribution >= 4 is 28.7 Å². The van der Waals surface area contributed by atoms with E-state index in [9.17, 15) is 4.79 Å². The molecular weight excluding hydrogens is 378 g/mol. The molecule has 0 spiro atoms. The van der Waals surface area contributed by atoms with Crippen molar-refractivity contribution < 1.29 is 9.63 Å². The third-order valence-electron chi connectivity index (χ3n) is 5.15. The highest BCUT2D eigenvalue weighted by atomic mass is 35.5. The molecule has 0 radical (unpaired) electrons. The largest absolute Gasteiger partial charge is 0.285 e. The minimum Gasteiger partial charge on any atom is -0.285 e. The Hall–Kier alpha value is -2.51. The number of fused-ring (bicyclic) bond motifs is 1. The fraction of sp³-hybridized carbons (Fsp3) is 0.400. The molecule has 0 bridgehead atoms. The van der Waals surface area contributed by atoms with Crippen LogP contribution < -0.4 is 0 Å². The monoisotopic (exact) mass is 399 g/mol. The molecule has 1 aliphatic heterocycles. The van der Waals surface area contributed by atoms with Crippen molar-refractivity contribution in [3.05, 3.63) is 52.2 Å². The molecule has 4 rings (SSSR count). The normalized spacial score (nSPS) is 18.8. The van der Waals surface area contributed by atoms with Crippen molar-refractivity contribution in [2.45, 2.75) is 52.8 Å².